The van der Waals surface area contributed by atoms with Gasteiger partial charge < -0.3 is 20.5 Å². The normalized spacial score (nSPS) is 22.0. The molecule has 1 aliphatic heterocycles. The van der Waals surface area contributed by atoms with Crippen molar-refractivity contribution in [2.75, 3.05) is 19.8 Å². The fraction of sp³-hybridized carbons (Fsp3) is 0.368. The van der Waals surface area contributed by atoms with Crippen LogP contribution in [0.1, 0.15) is 35.2 Å². The van der Waals surface area contributed by atoms with Gasteiger partial charge in [-0.05, 0) is 48.2 Å². The van der Waals surface area contributed by atoms with E-state index in [2.05, 4.69) is 41.7 Å². The van der Waals surface area contributed by atoms with E-state index < -0.39 is 0 Å². The van der Waals surface area contributed by atoms with Gasteiger partial charge in [0.25, 0.3) is 0 Å². The fourth-order valence-corrected chi connectivity index (χ4v) is 3.50. The maximum Gasteiger partial charge on any atom is 0.161 e. The minimum absolute atomic E-state index is 0.151. The van der Waals surface area contributed by atoms with Crippen molar-refractivity contribution < 1.29 is 9.47 Å². The molecule has 2 unspecified atom stereocenters. The molecule has 3 N–H and O–H groups in total. The Bertz CT molecular complexity index is 702. The number of nitrogens with two attached hydrogens (primary N) is 1. The van der Waals surface area contributed by atoms with Crippen LogP contribution in [0.2, 0.25) is 0 Å². The Hall–Kier alpha value is -2.04. The van der Waals surface area contributed by atoms with E-state index in [1.54, 1.807) is 0 Å². The molecular weight excluding hydrogens is 288 g/mol. The highest BCUT2D eigenvalue weighted by Crippen LogP contribution is 2.37. The summed E-state index contributed by atoms with van der Waals surface area (Å²) in [7, 11) is 0. The first-order chi connectivity index (χ1) is 11.3. The zero-order chi connectivity index (χ0) is 15.6. The lowest BCUT2D eigenvalue weighted by atomic mass is 10.1. The molecule has 0 fully saturated rings. The van der Waals surface area contributed by atoms with Gasteiger partial charge in [-0.15, -0.1) is 0 Å². The largest absolute Gasteiger partial charge is 0.486 e. The third kappa shape index (κ3) is 2.92. The fourth-order valence-electron chi connectivity index (χ4n) is 3.50. The number of fused-ring (bicyclic) bond motifs is 2. The molecule has 1 aliphatic carbocycles. The third-order valence-corrected chi connectivity index (χ3v) is 4.67. The van der Waals surface area contributed by atoms with Crippen molar-refractivity contribution >= 4 is 0 Å². The second kappa shape index (κ2) is 6.22. The molecule has 4 heteroatoms. The number of nitrogens with one attached hydrogen (secondary N) is 1. The van der Waals surface area contributed by atoms with Crippen molar-refractivity contribution in [1.82, 2.24) is 5.32 Å². The topological polar surface area (TPSA) is 56.5 Å². The molecule has 2 atom stereocenters. The Balaban J connectivity index is 1.38. The van der Waals surface area contributed by atoms with Crippen LogP contribution in [0.25, 0.3) is 0 Å². The standard InChI is InChI=1S/C19H22N2O2/c20-16-12-17(15-4-2-1-3-14(15)16)21-8-7-13-5-6-18-19(11-13)23-10-9-22-18/h1-6,11,16-17,21H,7-10,12,20H2. The maximum absolute atomic E-state index is 6.23. The lowest BCUT2D eigenvalue weighted by Crippen LogP contribution is -2.22. The summed E-state index contributed by atoms with van der Waals surface area (Å²) in [5.41, 5.74) is 10.1. The van der Waals surface area contributed by atoms with Crippen LogP contribution in [0, 0.1) is 0 Å². The first kappa shape index (κ1) is 14.5. The van der Waals surface area contributed by atoms with E-state index in [9.17, 15) is 0 Å². The lowest BCUT2D eigenvalue weighted by Gasteiger charge is -2.19. The molecule has 4 nitrogen and oxygen atoms in total. The Morgan fingerprint density at radius 1 is 1.00 bits per heavy atom. The molecule has 0 radical (unpaired) electrons. The van der Waals surface area contributed by atoms with Crippen molar-refractivity contribution in [3.8, 4) is 11.5 Å². The first-order valence-electron chi connectivity index (χ1n) is 8.27. The summed E-state index contributed by atoms with van der Waals surface area (Å²) in [4.78, 5) is 0. The Morgan fingerprint density at radius 3 is 2.65 bits per heavy atom. The highest BCUT2D eigenvalue weighted by Gasteiger charge is 2.27. The van der Waals surface area contributed by atoms with E-state index in [1.807, 2.05) is 6.07 Å². The summed E-state index contributed by atoms with van der Waals surface area (Å²) >= 11 is 0. The van der Waals surface area contributed by atoms with Gasteiger partial charge in [-0.25, -0.2) is 0 Å². The van der Waals surface area contributed by atoms with E-state index >= 15 is 0 Å². The molecule has 2 aromatic rings. The second-order valence-corrected chi connectivity index (χ2v) is 6.21. The molecule has 0 saturated carbocycles. The van der Waals surface area contributed by atoms with Crippen molar-refractivity contribution in [3.05, 3.63) is 59.2 Å². The molecule has 4 rings (SSSR count). The molecule has 0 saturated heterocycles. The minimum Gasteiger partial charge on any atom is -0.486 e. The summed E-state index contributed by atoms with van der Waals surface area (Å²) < 4.78 is 11.2. The van der Waals surface area contributed by atoms with E-state index in [-0.39, 0.29) is 6.04 Å². The first-order valence-corrected chi connectivity index (χ1v) is 8.27. The van der Waals surface area contributed by atoms with E-state index in [0.717, 1.165) is 30.9 Å². The number of hydrogen-bond acceptors (Lipinski definition) is 4. The Labute approximate surface area is 136 Å². The van der Waals surface area contributed by atoms with E-state index in [4.69, 9.17) is 15.2 Å². The van der Waals surface area contributed by atoms with Crippen molar-refractivity contribution in [2.45, 2.75) is 24.9 Å². The summed E-state index contributed by atoms with van der Waals surface area (Å²) in [6.45, 7) is 2.19. The highest BCUT2D eigenvalue weighted by atomic mass is 16.6. The van der Waals surface area contributed by atoms with Gasteiger partial charge in [-0.3, -0.25) is 0 Å². The number of rotatable bonds is 4. The van der Waals surface area contributed by atoms with Gasteiger partial charge >= 0.3 is 0 Å². The highest BCUT2D eigenvalue weighted by molar-refractivity contribution is 5.44. The molecule has 0 bridgehead atoms. The van der Waals surface area contributed by atoms with Crippen LogP contribution in [-0.2, 0) is 6.42 Å². The second-order valence-electron chi connectivity index (χ2n) is 6.21. The Morgan fingerprint density at radius 2 is 1.78 bits per heavy atom. The van der Waals surface area contributed by atoms with Gasteiger partial charge in [0.15, 0.2) is 11.5 Å². The summed E-state index contributed by atoms with van der Waals surface area (Å²) in [5, 5.41) is 3.64. The number of hydrogen-bond donors (Lipinski definition) is 2. The molecule has 0 spiro atoms. The summed E-state index contributed by atoms with van der Waals surface area (Å²) in [6, 6.07) is 15.2. The van der Waals surface area contributed by atoms with E-state index in [0.29, 0.717) is 19.3 Å². The summed E-state index contributed by atoms with van der Waals surface area (Å²) in [6.07, 6.45) is 1.94. The number of ether oxygens (including phenoxy) is 2. The minimum atomic E-state index is 0.151. The molecule has 0 aromatic heterocycles. The van der Waals surface area contributed by atoms with Crippen LogP contribution < -0.4 is 20.5 Å². The molecule has 0 amide bonds. The van der Waals surface area contributed by atoms with Crippen molar-refractivity contribution in [3.63, 3.8) is 0 Å². The van der Waals surface area contributed by atoms with Crippen molar-refractivity contribution in [2.24, 2.45) is 5.73 Å². The van der Waals surface area contributed by atoms with Gasteiger partial charge in [0, 0.05) is 12.1 Å². The van der Waals surface area contributed by atoms with Gasteiger partial charge in [0.2, 0.25) is 0 Å². The van der Waals surface area contributed by atoms with Crippen LogP contribution in [0.4, 0.5) is 0 Å². The molecule has 2 aromatic carbocycles. The van der Waals surface area contributed by atoms with Crippen molar-refractivity contribution in [1.29, 1.82) is 0 Å². The smallest absolute Gasteiger partial charge is 0.161 e. The zero-order valence-electron chi connectivity index (χ0n) is 13.1. The molecule has 23 heavy (non-hydrogen) atoms. The molecular formula is C19H22N2O2. The number of benzene rings is 2. The third-order valence-electron chi connectivity index (χ3n) is 4.67. The molecule has 2 aliphatic rings. The van der Waals surface area contributed by atoms with Crippen LogP contribution in [0.15, 0.2) is 42.5 Å². The predicted octanol–water partition coefficient (Wildman–Crippen LogP) is 2.73. The predicted molar refractivity (Wildman–Crippen MR) is 89.9 cm³/mol. The average molecular weight is 310 g/mol. The van der Waals surface area contributed by atoms with Crippen LogP contribution in [-0.4, -0.2) is 19.8 Å². The molecule has 120 valence electrons. The zero-order valence-corrected chi connectivity index (χ0v) is 13.1. The maximum atomic E-state index is 6.23. The average Bonchev–Trinajstić information content (AvgIpc) is 2.91. The molecule has 1 heterocycles. The van der Waals surface area contributed by atoms with Gasteiger partial charge in [-0.1, -0.05) is 30.3 Å². The monoisotopic (exact) mass is 310 g/mol. The van der Waals surface area contributed by atoms with Gasteiger partial charge in [0.1, 0.15) is 13.2 Å². The van der Waals surface area contributed by atoms with Crippen LogP contribution in [0.5, 0.6) is 11.5 Å². The van der Waals surface area contributed by atoms with Crippen LogP contribution in [0.3, 0.4) is 0 Å². The summed E-state index contributed by atoms with van der Waals surface area (Å²) in [5.74, 6) is 1.71. The Kier molecular flexibility index (Phi) is 3.93. The van der Waals surface area contributed by atoms with Gasteiger partial charge in [0.05, 0.1) is 0 Å². The quantitative estimate of drug-likeness (QED) is 0.912. The van der Waals surface area contributed by atoms with Gasteiger partial charge in [-0.2, -0.15) is 0 Å². The SMILES string of the molecule is NC1CC(NCCc2ccc3c(c2)OCCO3)c2ccccc21. The van der Waals surface area contributed by atoms with E-state index in [1.165, 1.54) is 16.7 Å². The lowest BCUT2D eigenvalue weighted by molar-refractivity contribution is 0.171. The van der Waals surface area contributed by atoms with Crippen LogP contribution >= 0.6 is 0 Å².